The van der Waals surface area contributed by atoms with Crippen LogP contribution in [-0.2, 0) is 13.5 Å². The van der Waals surface area contributed by atoms with Gasteiger partial charge in [-0.3, -0.25) is 4.79 Å². The lowest BCUT2D eigenvalue weighted by Crippen LogP contribution is -2.21. The van der Waals surface area contributed by atoms with Crippen molar-refractivity contribution in [2.45, 2.75) is 20.3 Å². The molecule has 3 heteroatoms. The Bertz CT molecular complexity index is 570. The van der Waals surface area contributed by atoms with Crippen LogP contribution in [0.15, 0.2) is 29.1 Å². The van der Waals surface area contributed by atoms with Crippen molar-refractivity contribution in [1.82, 2.24) is 9.78 Å². The van der Waals surface area contributed by atoms with Crippen LogP contribution in [0.5, 0.6) is 0 Å². The zero-order chi connectivity index (χ0) is 11.7. The maximum Gasteiger partial charge on any atom is 0.274 e. The van der Waals surface area contributed by atoms with E-state index in [-0.39, 0.29) is 5.56 Å². The Balaban J connectivity index is 2.74. The van der Waals surface area contributed by atoms with Crippen molar-refractivity contribution in [2.24, 2.45) is 13.0 Å². The summed E-state index contributed by atoms with van der Waals surface area (Å²) in [6, 6.07) is 7.68. The van der Waals surface area contributed by atoms with E-state index in [1.54, 1.807) is 7.05 Å². The molecule has 0 fully saturated rings. The van der Waals surface area contributed by atoms with E-state index in [1.165, 1.54) is 4.68 Å². The molecule has 1 aromatic carbocycles. The molecule has 0 atom stereocenters. The van der Waals surface area contributed by atoms with E-state index in [2.05, 4.69) is 18.9 Å². The number of aromatic nitrogens is 2. The first kappa shape index (κ1) is 10.9. The van der Waals surface area contributed by atoms with Gasteiger partial charge in [-0.15, -0.1) is 0 Å². The third-order valence-electron chi connectivity index (χ3n) is 2.63. The number of fused-ring (bicyclic) bond motifs is 1. The predicted octanol–water partition coefficient (Wildman–Crippen LogP) is 2.13. The fourth-order valence-electron chi connectivity index (χ4n) is 1.91. The number of nitrogens with zero attached hydrogens (tertiary/aromatic N) is 2. The van der Waals surface area contributed by atoms with Crippen LogP contribution in [0.25, 0.3) is 10.8 Å². The molecular formula is C13H16N2O. The van der Waals surface area contributed by atoms with Gasteiger partial charge in [0.25, 0.3) is 5.56 Å². The van der Waals surface area contributed by atoms with Crippen LogP contribution in [0.1, 0.15) is 19.5 Å². The Morgan fingerprint density at radius 1 is 1.25 bits per heavy atom. The summed E-state index contributed by atoms with van der Waals surface area (Å²) in [6.45, 7) is 4.31. The summed E-state index contributed by atoms with van der Waals surface area (Å²) in [7, 11) is 1.71. The number of aryl methyl sites for hydroxylation is 1. The molecular weight excluding hydrogens is 200 g/mol. The largest absolute Gasteiger partial charge is 0.274 e. The molecule has 0 saturated carbocycles. The summed E-state index contributed by atoms with van der Waals surface area (Å²) in [6.07, 6.45) is 0.897. The van der Waals surface area contributed by atoms with E-state index < -0.39 is 0 Å². The van der Waals surface area contributed by atoms with Gasteiger partial charge in [-0.1, -0.05) is 32.0 Å². The highest BCUT2D eigenvalue weighted by Crippen LogP contribution is 2.15. The van der Waals surface area contributed by atoms with E-state index in [0.717, 1.165) is 22.9 Å². The first-order valence-corrected chi connectivity index (χ1v) is 5.54. The molecule has 0 saturated heterocycles. The fraction of sp³-hybridized carbons (Fsp3) is 0.385. The van der Waals surface area contributed by atoms with Crippen molar-refractivity contribution in [3.63, 3.8) is 0 Å². The lowest BCUT2D eigenvalue weighted by atomic mass is 10.0. The van der Waals surface area contributed by atoms with Gasteiger partial charge in [0.1, 0.15) is 0 Å². The second-order valence-corrected chi connectivity index (χ2v) is 4.52. The number of benzene rings is 1. The lowest BCUT2D eigenvalue weighted by molar-refractivity contribution is 0.605. The summed E-state index contributed by atoms with van der Waals surface area (Å²) in [4.78, 5) is 11.9. The van der Waals surface area contributed by atoms with Gasteiger partial charge >= 0.3 is 0 Å². The topological polar surface area (TPSA) is 34.9 Å². The second kappa shape index (κ2) is 4.08. The van der Waals surface area contributed by atoms with Crippen molar-refractivity contribution in [1.29, 1.82) is 0 Å². The SMILES string of the molecule is CC(C)Cc1nn(C)c(=O)c2ccccc12. The van der Waals surface area contributed by atoms with E-state index in [1.807, 2.05) is 24.3 Å². The summed E-state index contributed by atoms with van der Waals surface area (Å²) in [5.74, 6) is 0.536. The van der Waals surface area contributed by atoms with Crippen LogP contribution < -0.4 is 5.56 Å². The van der Waals surface area contributed by atoms with Gasteiger partial charge in [0.05, 0.1) is 11.1 Å². The van der Waals surface area contributed by atoms with Gasteiger partial charge in [0, 0.05) is 12.4 Å². The molecule has 1 heterocycles. The van der Waals surface area contributed by atoms with E-state index in [9.17, 15) is 4.79 Å². The minimum absolute atomic E-state index is 0.0249. The first-order chi connectivity index (χ1) is 7.59. The number of rotatable bonds is 2. The zero-order valence-corrected chi connectivity index (χ0v) is 9.90. The molecule has 0 amide bonds. The normalized spacial score (nSPS) is 11.2. The van der Waals surface area contributed by atoms with Crippen LogP contribution in [0.4, 0.5) is 0 Å². The maximum atomic E-state index is 11.9. The smallest absolute Gasteiger partial charge is 0.267 e. The van der Waals surface area contributed by atoms with Crippen molar-refractivity contribution < 1.29 is 0 Å². The second-order valence-electron chi connectivity index (χ2n) is 4.52. The Labute approximate surface area is 94.7 Å². The van der Waals surface area contributed by atoms with E-state index in [4.69, 9.17) is 0 Å². The van der Waals surface area contributed by atoms with Crippen molar-refractivity contribution in [2.75, 3.05) is 0 Å². The molecule has 2 rings (SSSR count). The predicted molar refractivity (Wildman–Crippen MR) is 65.5 cm³/mol. The maximum absolute atomic E-state index is 11.9. The minimum Gasteiger partial charge on any atom is -0.267 e. The van der Waals surface area contributed by atoms with Gasteiger partial charge in [-0.25, -0.2) is 4.68 Å². The molecule has 0 unspecified atom stereocenters. The van der Waals surface area contributed by atoms with Crippen LogP contribution in [0, 0.1) is 5.92 Å². The average Bonchev–Trinajstić information content (AvgIpc) is 2.25. The molecule has 0 aliphatic heterocycles. The summed E-state index contributed by atoms with van der Waals surface area (Å²) >= 11 is 0. The third kappa shape index (κ3) is 1.85. The van der Waals surface area contributed by atoms with Crippen molar-refractivity contribution in [3.8, 4) is 0 Å². The quantitative estimate of drug-likeness (QED) is 0.770. The van der Waals surface area contributed by atoms with Crippen molar-refractivity contribution >= 4 is 10.8 Å². The highest BCUT2D eigenvalue weighted by molar-refractivity contribution is 5.83. The Morgan fingerprint density at radius 3 is 2.50 bits per heavy atom. The van der Waals surface area contributed by atoms with E-state index >= 15 is 0 Å². The molecule has 0 bridgehead atoms. The van der Waals surface area contributed by atoms with Gasteiger partial charge < -0.3 is 0 Å². The number of hydrogen-bond donors (Lipinski definition) is 0. The van der Waals surface area contributed by atoms with Crippen LogP contribution in [-0.4, -0.2) is 9.78 Å². The molecule has 0 aliphatic carbocycles. The Morgan fingerprint density at radius 2 is 1.88 bits per heavy atom. The van der Waals surface area contributed by atoms with E-state index in [0.29, 0.717) is 5.92 Å². The summed E-state index contributed by atoms with van der Waals surface area (Å²) < 4.78 is 1.43. The van der Waals surface area contributed by atoms with Gasteiger partial charge in [-0.05, 0) is 18.4 Å². The molecule has 84 valence electrons. The third-order valence-corrected chi connectivity index (χ3v) is 2.63. The van der Waals surface area contributed by atoms with Gasteiger partial charge in [0.2, 0.25) is 0 Å². The van der Waals surface area contributed by atoms with Gasteiger partial charge in [-0.2, -0.15) is 5.10 Å². The zero-order valence-electron chi connectivity index (χ0n) is 9.90. The summed E-state index contributed by atoms with van der Waals surface area (Å²) in [5.41, 5.74) is 0.982. The Hall–Kier alpha value is -1.64. The van der Waals surface area contributed by atoms with Gasteiger partial charge in [0.15, 0.2) is 0 Å². The minimum atomic E-state index is -0.0249. The molecule has 1 aromatic heterocycles. The number of hydrogen-bond acceptors (Lipinski definition) is 2. The highest BCUT2D eigenvalue weighted by Gasteiger charge is 2.09. The van der Waals surface area contributed by atoms with Crippen molar-refractivity contribution in [3.05, 3.63) is 40.3 Å². The monoisotopic (exact) mass is 216 g/mol. The van der Waals surface area contributed by atoms with Crippen LogP contribution >= 0.6 is 0 Å². The van der Waals surface area contributed by atoms with Crippen LogP contribution in [0.2, 0.25) is 0 Å². The molecule has 0 spiro atoms. The van der Waals surface area contributed by atoms with Crippen LogP contribution in [0.3, 0.4) is 0 Å². The molecule has 0 radical (unpaired) electrons. The molecule has 0 aliphatic rings. The first-order valence-electron chi connectivity index (χ1n) is 5.54. The molecule has 16 heavy (non-hydrogen) atoms. The molecule has 2 aromatic rings. The Kier molecular flexibility index (Phi) is 2.77. The average molecular weight is 216 g/mol. The highest BCUT2D eigenvalue weighted by atomic mass is 16.1. The standard InChI is InChI=1S/C13H16N2O/c1-9(2)8-12-10-6-4-5-7-11(10)13(16)15(3)14-12/h4-7,9H,8H2,1-3H3. The fourth-order valence-corrected chi connectivity index (χ4v) is 1.91. The molecule has 0 N–H and O–H groups in total. The summed E-state index contributed by atoms with van der Waals surface area (Å²) in [5, 5.41) is 6.09. The lowest BCUT2D eigenvalue weighted by Gasteiger charge is -2.09. The molecule has 3 nitrogen and oxygen atoms in total.